The number of para-hydroxylation sites is 1. The highest BCUT2D eigenvalue weighted by molar-refractivity contribution is 6.02. The molecule has 0 radical (unpaired) electrons. The number of hydrogen-bond acceptors (Lipinski definition) is 4. The van der Waals surface area contributed by atoms with E-state index < -0.39 is 4.92 Å². The zero-order valence-electron chi connectivity index (χ0n) is 15.8. The number of nitrogens with zero attached hydrogens (tertiary/aromatic N) is 3. The highest BCUT2D eigenvalue weighted by Crippen LogP contribution is 2.23. The van der Waals surface area contributed by atoms with Gasteiger partial charge in [0.25, 0.3) is 5.69 Å². The second-order valence-corrected chi connectivity index (χ2v) is 6.41. The van der Waals surface area contributed by atoms with Crippen LogP contribution < -0.4 is 5.32 Å². The van der Waals surface area contributed by atoms with E-state index >= 15 is 0 Å². The molecule has 0 fully saturated rings. The van der Waals surface area contributed by atoms with Gasteiger partial charge in [-0.2, -0.15) is 5.10 Å². The molecule has 0 aliphatic heterocycles. The van der Waals surface area contributed by atoms with E-state index in [1.54, 1.807) is 25.1 Å². The normalized spacial score (nSPS) is 11.0. The summed E-state index contributed by atoms with van der Waals surface area (Å²) in [6.45, 7) is 5.47. The topological polar surface area (TPSA) is 90.1 Å². The maximum atomic E-state index is 12.3. The number of nitro groups is 1. The second-order valence-electron chi connectivity index (χ2n) is 6.41. The third-order valence-electron chi connectivity index (χ3n) is 4.42. The molecule has 1 aromatic heterocycles. The Morgan fingerprint density at radius 3 is 2.54 bits per heavy atom. The van der Waals surface area contributed by atoms with Crippen molar-refractivity contribution in [3.63, 3.8) is 0 Å². The maximum Gasteiger partial charge on any atom is 0.274 e. The number of hydrogen-bond donors (Lipinski definition) is 1. The van der Waals surface area contributed by atoms with E-state index in [0.29, 0.717) is 11.3 Å². The Kier molecular flexibility index (Phi) is 5.35. The third kappa shape index (κ3) is 3.98. The van der Waals surface area contributed by atoms with Gasteiger partial charge in [0.2, 0.25) is 5.91 Å². The summed E-state index contributed by atoms with van der Waals surface area (Å²) in [5.74, 6) is -0.371. The van der Waals surface area contributed by atoms with Gasteiger partial charge < -0.3 is 5.32 Å². The van der Waals surface area contributed by atoms with Gasteiger partial charge in [-0.15, -0.1) is 0 Å². The molecule has 0 atom stereocenters. The van der Waals surface area contributed by atoms with Crippen molar-refractivity contribution in [2.75, 3.05) is 5.32 Å². The lowest BCUT2D eigenvalue weighted by Gasteiger charge is -2.04. The Morgan fingerprint density at radius 1 is 1.14 bits per heavy atom. The fourth-order valence-corrected chi connectivity index (χ4v) is 2.94. The molecule has 1 amide bonds. The van der Waals surface area contributed by atoms with E-state index in [4.69, 9.17) is 0 Å². The number of aryl methyl sites for hydroxylation is 2. The van der Waals surface area contributed by atoms with Crippen molar-refractivity contribution in [3.8, 4) is 5.69 Å². The summed E-state index contributed by atoms with van der Waals surface area (Å²) in [6.07, 6.45) is 3.10. The standard InChI is InChI=1S/C21H20N4O3/c1-14-9-10-17(13-20(14)25(27)28)22-21(26)12-11-19-15(2)23-24(16(19)3)18-7-5-4-6-8-18/h4-13H,1-3H3,(H,22,26)/b12-11+. The Morgan fingerprint density at radius 2 is 1.86 bits per heavy atom. The number of anilines is 1. The zero-order valence-corrected chi connectivity index (χ0v) is 15.8. The van der Waals surface area contributed by atoms with Crippen LogP contribution >= 0.6 is 0 Å². The van der Waals surface area contributed by atoms with Gasteiger partial charge in [0.1, 0.15) is 0 Å². The molecule has 0 aliphatic rings. The fourth-order valence-electron chi connectivity index (χ4n) is 2.94. The van der Waals surface area contributed by atoms with Gasteiger partial charge in [0.15, 0.2) is 0 Å². The lowest BCUT2D eigenvalue weighted by atomic mass is 10.1. The van der Waals surface area contributed by atoms with Crippen molar-refractivity contribution < 1.29 is 9.72 Å². The van der Waals surface area contributed by atoms with Crippen LogP contribution in [0.15, 0.2) is 54.6 Å². The van der Waals surface area contributed by atoms with Gasteiger partial charge in [0.05, 0.1) is 16.3 Å². The van der Waals surface area contributed by atoms with Crippen molar-refractivity contribution in [2.45, 2.75) is 20.8 Å². The molecule has 3 aromatic rings. The molecule has 0 unspecified atom stereocenters. The van der Waals surface area contributed by atoms with E-state index in [2.05, 4.69) is 10.4 Å². The number of amides is 1. The quantitative estimate of drug-likeness (QED) is 0.407. The molecule has 3 rings (SSSR count). The summed E-state index contributed by atoms with van der Waals surface area (Å²) in [6, 6.07) is 14.3. The number of carbonyl (C=O) groups is 1. The molecule has 0 bridgehead atoms. The maximum absolute atomic E-state index is 12.3. The molecular weight excluding hydrogens is 356 g/mol. The molecule has 0 spiro atoms. The number of carbonyl (C=O) groups excluding carboxylic acids is 1. The van der Waals surface area contributed by atoms with Gasteiger partial charge in [-0.1, -0.05) is 24.3 Å². The summed E-state index contributed by atoms with van der Waals surface area (Å²) in [4.78, 5) is 22.8. The molecule has 7 nitrogen and oxygen atoms in total. The summed E-state index contributed by atoms with van der Waals surface area (Å²) >= 11 is 0. The van der Waals surface area contributed by atoms with Gasteiger partial charge in [-0.3, -0.25) is 14.9 Å². The predicted molar refractivity (Wildman–Crippen MR) is 109 cm³/mol. The van der Waals surface area contributed by atoms with E-state index in [1.165, 1.54) is 12.1 Å². The minimum Gasteiger partial charge on any atom is -0.322 e. The van der Waals surface area contributed by atoms with Gasteiger partial charge >= 0.3 is 0 Å². The summed E-state index contributed by atoms with van der Waals surface area (Å²) in [5.41, 5.74) is 4.40. The highest BCUT2D eigenvalue weighted by Gasteiger charge is 2.13. The summed E-state index contributed by atoms with van der Waals surface area (Å²) < 4.78 is 1.83. The van der Waals surface area contributed by atoms with Crippen LogP contribution in [0.2, 0.25) is 0 Å². The molecule has 2 aromatic carbocycles. The average Bonchev–Trinajstić information content (AvgIpc) is 2.96. The minimum absolute atomic E-state index is 0.0300. The average molecular weight is 376 g/mol. The van der Waals surface area contributed by atoms with Crippen LogP contribution in [0, 0.1) is 30.9 Å². The van der Waals surface area contributed by atoms with Crippen LogP contribution in [-0.2, 0) is 4.79 Å². The predicted octanol–water partition coefficient (Wildman–Crippen LogP) is 4.36. The first kappa shape index (κ1) is 19.0. The van der Waals surface area contributed by atoms with Gasteiger partial charge in [-0.05, 0) is 45.0 Å². The van der Waals surface area contributed by atoms with Gasteiger partial charge in [-0.25, -0.2) is 4.68 Å². The van der Waals surface area contributed by atoms with Crippen molar-refractivity contribution >= 4 is 23.4 Å². The molecule has 1 N–H and O–H groups in total. The SMILES string of the molecule is Cc1ccc(NC(=O)/C=C/c2c(C)nn(-c3ccccc3)c2C)cc1[N+](=O)[O-]. The molecule has 7 heteroatoms. The third-order valence-corrected chi connectivity index (χ3v) is 4.42. The smallest absolute Gasteiger partial charge is 0.274 e. The minimum atomic E-state index is -0.467. The lowest BCUT2D eigenvalue weighted by molar-refractivity contribution is -0.385. The first-order chi connectivity index (χ1) is 13.4. The van der Waals surface area contributed by atoms with Crippen LogP contribution in [0.5, 0.6) is 0 Å². The number of nitro benzene ring substituents is 1. The van der Waals surface area contributed by atoms with Crippen LogP contribution in [0.4, 0.5) is 11.4 Å². The Hall–Kier alpha value is -3.74. The van der Waals surface area contributed by atoms with E-state index in [-0.39, 0.29) is 11.6 Å². The number of aromatic nitrogens is 2. The fraction of sp³-hybridized carbons (Fsp3) is 0.143. The molecular formula is C21H20N4O3. The molecule has 142 valence electrons. The molecule has 28 heavy (non-hydrogen) atoms. The largest absolute Gasteiger partial charge is 0.322 e. The van der Waals surface area contributed by atoms with Crippen molar-refractivity contribution in [1.82, 2.24) is 9.78 Å². The molecule has 0 aliphatic carbocycles. The van der Waals surface area contributed by atoms with Crippen molar-refractivity contribution in [2.24, 2.45) is 0 Å². The van der Waals surface area contributed by atoms with Crippen molar-refractivity contribution in [3.05, 3.63) is 87.2 Å². The highest BCUT2D eigenvalue weighted by atomic mass is 16.6. The first-order valence-corrected chi connectivity index (χ1v) is 8.72. The number of nitrogens with one attached hydrogen (secondary N) is 1. The summed E-state index contributed by atoms with van der Waals surface area (Å²) in [7, 11) is 0. The second kappa shape index (κ2) is 7.87. The van der Waals surface area contributed by atoms with Gasteiger partial charge in [0, 0.05) is 34.7 Å². The van der Waals surface area contributed by atoms with E-state index in [1.807, 2.05) is 48.9 Å². The van der Waals surface area contributed by atoms with Crippen LogP contribution in [0.3, 0.4) is 0 Å². The van der Waals surface area contributed by atoms with Crippen LogP contribution in [0.25, 0.3) is 11.8 Å². The van der Waals surface area contributed by atoms with Crippen LogP contribution in [-0.4, -0.2) is 20.6 Å². The van der Waals surface area contributed by atoms with Crippen molar-refractivity contribution in [1.29, 1.82) is 0 Å². The lowest BCUT2D eigenvalue weighted by Crippen LogP contribution is -2.08. The zero-order chi connectivity index (χ0) is 20.3. The molecule has 0 saturated carbocycles. The van der Waals surface area contributed by atoms with E-state index in [0.717, 1.165) is 22.6 Å². The Labute approximate surface area is 162 Å². The van der Waals surface area contributed by atoms with E-state index in [9.17, 15) is 14.9 Å². The first-order valence-electron chi connectivity index (χ1n) is 8.72. The Bertz CT molecular complexity index is 1070. The monoisotopic (exact) mass is 376 g/mol. The van der Waals surface area contributed by atoms with Crippen LogP contribution in [0.1, 0.15) is 22.5 Å². The summed E-state index contributed by atoms with van der Waals surface area (Å²) in [5, 5.41) is 18.2. The Balaban J connectivity index is 1.79. The molecule has 1 heterocycles. The number of benzene rings is 2. The number of rotatable bonds is 5. The molecule has 0 saturated heterocycles.